The standard InChI is InChI=1S/C14H18N8O3/c15-1-4-21(5-2-16)14-12(22(23)24)13(18-11-19-14)17-3-6-20-7-9-25-10-8-20/h11H,3-10H2,(H,17,18,19). The van der Waals surface area contributed by atoms with Gasteiger partial charge in [0, 0.05) is 26.2 Å². The summed E-state index contributed by atoms with van der Waals surface area (Å²) in [7, 11) is 0. The second-order valence-electron chi connectivity index (χ2n) is 5.20. The maximum atomic E-state index is 11.5. The molecule has 11 nitrogen and oxygen atoms in total. The van der Waals surface area contributed by atoms with Crippen LogP contribution in [0, 0.1) is 32.8 Å². The number of hydrogen-bond donors (Lipinski definition) is 1. The van der Waals surface area contributed by atoms with Gasteiger partial charge < -0.3 is 15.0 Å². The van der Waals surface area contributed by atoms with Gasteiger partial charge in [-0.05, 0) is 0 Å². The zero-order valence-corrected chi connectivity index (χ0v) is 13.6. The predicted molar refractivity (Wildman–Crippen MR) is 87.9 cm³/mol. The first-order valence-electron chi connectivity index (χ1n) is 7.69. The van der Waals surface area contributed by atoms with Gasteiger partial charge in [-0.1, -0.05) is 0 Å². The molecule has 11 heteroatoms. The number of rotatable bonds is 8. The summed E-state index contributed by atoms with van der Waals surface area (Å²) in [5.74, 6) is 0.0288. The Kier molecular flexibility index (Phi) is 6.83. The second-order valence-corrected chi connectivity index (χ2v) is 5.20. The summed E-state index contributed by atoms with van der Waals surface area (Å²) in [5.41, 5.74) is -0.338. The highest BCUT2D eigenvalue weighted by molar-refractivity contribution is 5.70. The fourth-order valence-electron chi connectivity index (χ4n) is 2.43. The first-order valence-corrected chi connectivity index (χ1v) is 7.69. The van der Waals surface area contributed by atoms with E-state index in [1.165, 1.54) is 11.2 Å². The van der Waals surface area contributed by atoms with Gasteiger partial charge in [0.25, 0.3) is 0 Å². The third-order valence-electron chi connectivity index (χ3n) is 3.63. The molecule has 0 bridgehead atoms. The minimum Gasteiger partial charge on any atom is -0.379 e. The van der Waals surface area contributed by atoms with Crippen molar-refractivity contribution in [3.63, 3.8) is 0 Å². The van der Waals surface area contributed by atoms with Crippen molar-refractivity contribution in [1.29, 1.82) is 10.5 Å². The van der Waals surface area contributed by atoms with Crippen LogP contribution in [0.1, 0.15) is 0 Å². The first-order chi connectivity index (χ1) is 12.2. The zero-order valence-electron chi connectivity index (χ0n) is 13.6. The molecule has 0 atom stereocenters. The molecule has 1 aliphatic rings. The normalized spacial score (nSPS) is 14.3. The van der Waals surface area contributed by atoms with E-state index in [2.05, 4.69) is 20.2 Å². The molecular formula is C14H18N8O3. The van der Waals surface area contributed by atoms with E-state index in [1.54, 1.807) is 0 Å². The molecule has 25 heavy (non-hydrogen) atoms. The van der Waals surface area contributed by atoms with E-state index < -0.39 is 4.92 Å². The fraction of sp³-hybridized carbons (Fsp3) is 0.571. The lowest BCUT2D eigenvalue weighted by Gasteiger charge is -2.26. The number of morpholine rings is 1. The molecule has 1 aliphatic heterocycles. The lowest BCUT2D eigenvalue weighted by Crippen LogP contribution is -2.39. The SMILES string of the molecule is N#CCN(CC#N)c1ncnc(NCCN2CCOCC2)c1[N+](=O)[O-]. The molecule has 0 aromatic carbocycles. The number of nitrogens with one attached hydrogen (secondary N) is 1. The van der Waals surface area contributed by atoms with E-state index in [4.69, 9.17) is 15.3 Å². The van der Waals surface area contributed by atoms with Crippen LogP contribution in [0.4, 0.5) is 17.3 Å². The van der Waals surface area contributed by atoms with Gasteiger partial charge >= 0.3 is 5.69 Å². The molecule has 0 aliphatic carbocycles. The molecule has 0 radical (unpaired) electrons. The minimum atomic E-state index is -0.603. The van der Waals surface area contributed by atoms with Crippen LogP contribution in [0.5, 0.6) is 0 Å². The average Bonchev–Trinajstić information content (AvgIpc) is 2.62. The van der Waals surface area contributed by atoms with Crippen LogP contribution >= 0.6 is 0 Å². The maximum absolute atomic E-state index is 11.5. The van der Waals surface area contributed by atoms with Crippen molar-refractivity contribution in [3.8, 4) is 12.1 Å². The molecular weight excluding hydrogens is 328 g/mol. The minimum absolute atomic E-state index is 0.0445. The number of ether oxygens (including phenoxy) is 1. The number of anilines is 2. The molecule has 1 fully saturated rings. The third-order valence-corrected chi connectivity index (χ3v) is 3.63. The molecule has 0 unspecified atom stereocenters. The summed E-state index contributed by atoms with van der Waals surface area (Å²) in [6, 6.07) is 3.75. The van der Waals surface area contributed by atoms with E-state index in [-0.39, 0.29) is 30.4 Å². The summed E-state index contributed by atoms with van der Waals surface area (Å²) in [4.78, 5) is 22.2. The van der Waals surface area contributed by atoms with Crippen LogP contribution in [0.3, 0.4) is 0 Å². The average molecular weight is 346 g/mol. The largest absolute Gasteiger partial charge is 0.379 e. The van der Waals surface area contributed by atoms with E-state index in [1.807, 2.05) is 12.1 Å². The molecule has 1 saturated heterocycles. The molecule has 0 spiro atoms. The van der Waals surface area contributed by atoms with Gasteiger partial charge in [-0.25, -0.2) is 9.97 Å². The molecule has 1 aromatic rings. The van der Waals surface area contributed by atoms with Crippen molar-refractivity contribution in [2.75, 3.05) is 62.7 Å². The molecule has 1 N–H and O–H groups in total. The molecule has 0 amide bonds. The molecule has 0 saturated carbocycles. The summed E-state index contributed by atoms with van der Waals surface area (Å²) in [5, 5.41) is 32.2. The Labute approximate surface area is 144 Å². The predicted octanol–water partition coefficient (Wildman–Crippen LogP) is -0.0175. The number of aromatic nitrogens is 2. The highest BCUT2D eigenvalue weighted by atomic mass is 16.6. The monoisotopic (exact) mass is 346 g/mol. The molecule has 2 rings (SSSR count). The van der Waals surface area contributed by atoms with Crippen molar-refractivity contribution in [3.05, 3.63) is 16.4 Å². The van der Waals surface area contributed by atoms with Gasteiger partial charge in [-0.3, -0.25) is 15.0 Å². The van der Waals surface area contributed by atoms with Crippen LogP contribution in [0.25, 0.3) is 0 Å². The molecule has 1 aromatic heterocycles. The van der Waals surface area contributed by atoms with Crippen LogP contribution < -0.4 is 10.2 Å². The quantitative estimate of drug-likeness (QED) is 0.387. The van der Waals surface area contributed by atoms with Crippen LogP contribution in [-0.2, 0) is 4.74 Å². The number of nitro groups is 1. The Morgan fingerprint density at radius 1 is 1.32 bits per heavy atom. The van der Waals surface area contributed by atoms with Crippen molar-refractivity contribution in [2.45, 2.75) is 0 Å². The van der Waals surface area contributed by atoms with E-state index in [0.717, 1.165) is 13.1 Å². The van der Waals surface area contributed by atoms with E-state index >= 15 is 0 Å². The summed E-state index contributed by atoms with van der Waals surface area (Å²) in [6.07, 6.45) is 1.18. The summed E-state index contributed by atoms with van der Waals surface area (Å²) < 4.78 is 5.27. The maximum Gasteiger partial charge on any atom is 0.353 e. The zero-order chi connectivity index (χ0) is 18.1. The Morgan fingerprint density at radius 3 is 2.60 bits per heavy atom. The highest BCUT2D eigenvalue weighted by Crippen LogP contribution is 2.31. The van der Waals surface area contributed by atoms with E-state index in [9.17, 15) is 10.1 Å². The smallest absolute Gasteiger partial charge is 0.353 e. The second kappa shape index (κ2) is 9.32. The highest BCUT2D eigenvalue weighted by Gasteiger charge is 2.27. The Bertz CT molecular complexity index is 662. The van der Waals surface area contributed by atoms with Gasteiger partial charge in [-0.15, -0.1) is 0 Å². The lowest BCUT2D eigenvalue weighted by atomic mass is 10.3. The van der Waals surface area contributed by atoms with Crippen LogP contribution in [-0.4, -0.2) is 72.3 Å². The van der Waals surface area contributed by atoms with Gasteiger partial charge in [0.05, 0.1) is 30.3 Å². The van der Waals surface area contributed by atoms with Gasteiger partial charge in [0.15, 0.2) is 0 Å². The summed E-state index contributed by atoms with van der Waals surface area (Å²) >= 11 is 0. The Balaban J connectivity index is 2.14. The van der Waals surface area contributed by atoms with Crippen LogP contribution in [0.15, 0.2) is 6.33 Å². The van der Waals surface area contributed by atoms with Crippen molar-refractivity contribution >= 4 is 17.3 Å². The molecule has 132 valence electrons. The van der Waals surface area contributed by atoms with Gasteiger partial charge in [-0.2, -0.15) is 10.5 Å². The lowest BCUT2D eigenvalue weighted by molar-refractivity contribution is -0.383. The number of nitriles is 2. The van der Waals surface area contributed by atoms with Gasteiger partial charge in [0.1, 0.15) is 19.4 Å². The topological polar surface area (TPSA) is 144 Å². The van der Waals surface area contributed by atoms with Crippen molar-refractivity contribution < 1.29 is 9.66 Å². The first kappa shape index (κ1) is 18.3. The van der Waals surface area contributed by atoms with E-state index in [0.29, 0.717) is 26.3 Å². The summed E-state index contributed by atoms with van der Waals surface area (Å²) in [6.45, 7) is 3.78. The number of hydrogen-bond acceptors (Lipinski definition) is 10. The fourth-order valence-corrected chi connectivity index (χ4v) is 2.43. The van der Waals surface area contributed by atoms with Gasteiger partial charge in [0.2, 0.25) is 11.6 Å². The Hall–Kier alpha value is -3.02. The third kappa shape index (κ3) is 4.97. The van der Waals surface area contributed by atoms with Crippen LogP contribution in [0.2, 0.25) is 0 Å². The van der Waals surface area contributed by atoms with Crippen molar-refractivity contribution in [2.24, 2.45) is 0 Å². The van der Waals surface area contributed by atoms with Crippen molar-refractivity contribution in [1.82, 2.24) is 14.9 Å². The Morgan fingerprint density at radius 2 is 2.00 bits per heavy atom. The molecule has 2 heterocycles. The number of nitrogens with zero attached hydrogens (tertiary/aromatic N) is 7.